The van der Waals surface area contributed by atoms with Crippen molar-refractivity contribution in [2.45, 2.75) is 38.1 Å². The minimum atomic E-state index is -0.441. The molecule has 0 spiro atoms. The summed E-state index contributed by atoms with van der Waals surface area (Å²) in [6, 6.07) is -0.441. The molecule has 0 rings (SSSR count). The fourth-order valence-corrected chi connectivity index (χ4v) is 1.63. The van der Waals surface area contributed by atoms with E-state index in [2.05, 4.69) is 16.0 Å². The number of hydrogen-bond donors (Lipinski definition) is 4. The van der Waals surface area contributed by atoms with Gasteiger partial charge in [-0.2, -0.15) is 0 Å². The maximum absolute atomic E-state index is 11.6. The largest absolute Gasteiger partial charge is 0.357 e. The molecule has 0 bridgehead atoms. The molecule has 18 heavy (non-hydrogen) atoms. The quantitative estimate of drug-likeness (QED) is 0.391. The average Bonchev–Trinajstić information content (AvgIpc) is 2.37. The normalized spacial score (nSPS) is 11.9. The first kappa shape index (κ1) is 16.9. The Kier molecular flexibility index (Phi) is 10.3. The van der Waals surface area contributed by atoms with Gasteiger partial charge in [0.15, 0.2) is 0 Å². The van der Waals surface area contributed by atoms with Gasteiger partial charge in [0.25, 0.3) is 0 Å². The number of likely N-dealkylation sites (N-methyl/N-ethyl adjacent to an activating group) is 1. The van der Waals surface area contributed by atoms with Gasteiger partial charge in [-0.05, 0) is 45.8 Å². The molecular formula is C12H26N4O2. The molecule has 2 amide bonds. The zero-order valence-electron chi connectivity index (χ0n) is 11.4. The number of nitrogens with two attached hydrogens (primary N) is 1. The van der Waals surface area contributed by atoms with Crippen molar-refractivity contribution in [2.75, 3.05) is 27.2 Å². The summed E-state index contributed by atoms with van der Waals surface area (Å²) in [7, 11) is 3.42. The van der Waals surface area contributed by atoms with Crippen LogP contribution in [0, 0.1) is 0 Å². The highest BCUT2D eigenvalue weighted by atomic mass is 16.2. The molecule has 5 N–H and O–H groups in total. The van der Waals surface area contributed by atoms with Crippen LogP contribution in [-0.4, -0.2) is 45.0 Å². The zero-order chi connectivity index (χ0) is 13.8. The van der Waals surface area contributed by atoms with E-state index >= 15 is 0 Å². The lowest BCUT2D eigenvalue weighted by Gasteiger charge is -2.17. The zero-order valence-corrected chi connectivity index (χ0v) is 11.4. The number of carbonyl (C=O) groups excluding carboxylic acids is 2. The maximum atomic E-state index is 11.6. The SMILES string of the molecule is CNCCCC(=O)N[C@@H](CCCCN)C(=O)NC. The number of hydrogen-bond acceptors (Lipinski definition) is 4. The van der Waals surface area contributed by atoms with E-state index in [0.717, 1.165) is 25.8 Å². The molecule has 0 heterocycles. The Balaban J connectivity index is 4.05. The second-order valence-corrected chi connectivity index (χ2v) is 4.23. The summed E-state index contributed by atoms with van der Waals surface area (Å²) in [4.78, 5) is 23.2. The Bertz CT molecular complexity index is 246. The van der Waals surface area contributed by atoms with Crippen molar-refractivity contribution in [1.29, 1.82) is 0 Å². The summed E-state index contributed by atoms with van der Waals surface area (Å²) < 4.78 is 0. The molecule has 106 valence electrons. The predicted molar refractivity (Wildman–Crippen MR) is 72.1 cm³/mol. The summed E-state index contributed by atoms with van der Waals surface area (Å²) in [6.45, 7) is 1.40. The average molecular weight is 258 g/mol. The summed E-state index contributed by atoms with van der Waals surface area (Å²) in [5.74, 6) is -0.222. The number of carbonyl (C=O) groups is 2. The first-order valence-electron chi connectivity index (χ1n) is 6.51. The highest BCUT2D eigenvalue weighted by molar-refractivity contribution is 5.87. The Labute approximate surface area is 109 Å². The van der Waals surface area contributed by atoms with Gasteiger partial charge in [0.2, 0.25) is 11.8 Å². The third kappa shape index (κ3) is 8.03. The summed E-state index contributed by atoms with van der Waals surface area (Å²) >= 11 is 0. The van der Waals surface area contributed by atoms with Gasteiger partial charge in [0, 0.05) is 13.5 Å². The van der Waals surface area contributed by atoms with Crippen molar-refractivity contribution in [3.63, 3.8) is 0 Å². The lowest BCUT2D eigenvalue weighted by molar-refractivity contribution is -0.129. The highest BCUT2D eigenvalue weighted by Crippen LogP contribution is 2.01. The molecule has 0 saturated heterocycles. The van der Waals surface area contributed by atoms with Crippen molar-refractivity contribution in [3.8, 4) is 0 Å². The minimum Gasteiger partial charge on any atom is -0.357 e. The van der Waals surface area contributed by atoms with Gasteiger partial charge in [0.1, 0.15) is 6.04 Å². The Morgan fingerprint density at radius 1 is 1.17 bits per heavy atom. The van der Waals surface area contributed by atoms with Gasteiger partial charge in [-0.15, -0.1) is 0 Å². The van der Waals surface area contributed by atoms with E-state index in [1.807, 2.05) is 7.05 Å². The summed E-state index contributed by atoms with van der Waals surface area (Å²) in [6.07, 6.45) is 3.54. The molecule has 0 aromatic carbocycles. The molecule has 0 radical (unpaired) electrons. The van der Waals surface area contributed by atoms with Crippen LogP contribution in [0.15, 0.2) is 0 Å². The van der Waals surface area contributed by atoms with Crippen molar-refractivity contribution in [1.82, 2.24) is 16.0 Å². The van der Waals surface area contributed by atoms with Crippen LogP contribution in [-0.2, 0) is 9.59 Å². The molecule has 0 saturated carbocycles. The Morgan fingerprint density at radius 3 is 2.44 bits per heavy atom. The molecule has 0 aromatic heterocycles. The Hall–Kier alpha value is -1.14. The topological polar surface area (TPSA) is 96.2 Å². The van der Waals surface area contributed by atoms with Crippen molar-refractivity contribution in [2.24, 2.45) is 5.73 Å². The molecule has 0 aliphatic rings. The monoisotopic (exact) mass is 258 g/mol. The number of amides is 2. The van der Waals surface area contributed by atoms with Gasteiger partial charge in [-0.25, -0.2) is 0 Å². The van der Waals surface area contributed by atoms with E-state index in [0.29, 0.717) is 19.4 Å². The van der Waals surface area contributed by atoms with Gasteiger partial charge in [-0.1, -0.05) is 0 Å². The van der Waals surface area contributed by atoms with Gasteiger partial charge in [-0.3, -0.25) is 9.59 Å². The Morgan fingerprint density at radius 2 is 1.89 bits per heavy atom. The van der Waals surface area contributed by atoms with Crippen LogP contribution in [0.1, 0.15) is 32.1 Å². The fraction of sp³-hybridized carbons (Fsp3) is 0.833. The van der Waals surface area contributed by atoms with Gasteiger partial charge >= 0.3 is 0 Å². The lowest BCUT2D eigenvalue weighted by Crippen LogP contribution is -2.45. The second-order valence-electron chi connectivity index (χ2n) is 4.23. The van der Waals surface area contributed by atoms with E-state index in [4.69, 9.17) is 5.73 Å². The number of unbranched alkanes of at least 4 members (excludes halogenated alkanes) is 1. The van der Waals surface area contributed by atoms with Crippen LogP contribution in [0.3, 0.4) is 0 Å². The van der Waals surface area contributed by atoms with E-state index in [9.17, 15) is 9.59 Å². The summed E-state index contributed by atoms with van der Waals surface area (Å²) in [5.41, 5.74) is 5.41. The predicted octanol–water partition coefficient (Wildman–Crippen LogP) is -0.654. The summed E-state index contributed by atoms with van der Waals surface area (Å²) in [5, 5.41) is 8.31. The van der Waals surface area contributed by atoms with E-state index in [1.165, 1.54) is 0 Å². The number of rotatable bonds is 10. The van der Waals surface area contributed by atoms with Crippen molar-refractivity contribution < 1.29 is 9.59 Å². The van der Waals surface area contributed by atoms with Crippen molar-refractivity contribution >= 4 is 11.8 Å². The molecule has 0 aliphatic heterocycles. The molecule has 0 aromatic rings. The van der Waals surface area contributed by atoms with E-state index < -0.39 is 6.04 Å². The molecule has 0 unspecified atom stereocenters. The highest BCUT2D eigenvalue weighted by Gasteiger charge is 2.18. The standard InChI is InChI=1S/C12H26N4O2/c1-14-9-5-7-11(17)16-10(12(18)15-2)6-3-4-8-13/h10,14H,3-9,13H2,1-2H3,(H,15,18)(H,16,17)/t10-/m0/s1. The number of nitrogens with one attached hydrogen (secondary N) is 3. The van der Waals surface area contributed by atoms with Gasteiger partial charge < -0.3 is 21.7 Å². The fourth-order valence-electron chi connectivity index (χ4n) is 1.63. The van der Waals surface area contributed by atoms with Crippen LogP contribution >= 0.6 is 0 Å². The third-order valence-corrected chi connectivity index (χ3v) is 2.68. The van der Waals surface area contributed by atoms with Crippen molar-refractivity contribution in [3.05, 3.63) is 0 Å². The second kappa shape index (κ2) is 11.0. The smallest absolute Gasteiger partial charge is 0.242 e. The first-order chi connectivity index (χ1) is 8.65. The molecule has 1 atom stereocenters. The van der Waals surface area contributed by atoms with Crippen LogP contribution in [0.25, 0.3) is 0 Å². The minimum absolute atomic E-state index is 0.0772. The van der Waals surface area contributed by atoms with E-state index in [1.54, 1.807) is 7.05 Å². The molecule has 6 nitrogen and oxygen atoms in total. The molecule has 6 heteroatoms. The van der Waals surface area contributed by atoms with Crippen LogP contribution in [0.5, 0.6) is 0 Å². The third-order valence-electron chi connectivity index (χ3n) is 2.68. The van der Waals surface area contributed by atoms with Crippen LogP contribution < -0.4 is 21.7 Å². The molecular weight excluding hydrogens is 232 g/mol. The lowest BCUT2D eigenvalue weighted by atomic mass is 10.1. The maximum Gasteiger partial charge on any atom is 0.242 e. The molecule has 0 fully saturated rings. The van der Waals surface area contributed by atoms with Crippen LogP contribution in [0.4, 0.5) is 0 Å². The first-order valence-corrected chi connectivity index (χ1v) is 6.51. The van der Waals surface area contributed by atoms with E-state index in [-0.39, 0.29) is 11.8 Å². The van der Waals surface area contributed by atoms with Gasteiger partial charge in [0.05, 0.1) is 0 Å². The van der Waals surface area contributed by atoms with Crippen LogP contribution in [0.2, 0.25) is 0 Å². The molecule has 0 aliphatic carbocycles.